The first-order chi connectivity index (χ1) is 14.6. The number of aryl methyl sites for hydroxylation is 2. The summed E-state index contributed by atoms with van der Waals surface area (Å²) in [6, 6.07) is 7.81. The molecule has 30 heavy (non-hydrogen) atoms. The summed E-state index contributed by atoms with van der Waals surface area (Å²) in [6.45, 7) is 0.426. The van der Waals surface area contributed by atoms with Gasteiger partial charge in [-0.05, 0) is 37.0 Å². The van der Waals surface area contributed by atoms with E-state index < -0.39 is 0 Å². The summed E-state index contributed by atoms with van der Waals surface area (Å²) in [6.07, 6.45) is 3.14. The maximum atomic E-state index is 12.5. The van der Waals surface area contributed by atoms with Gasteiger partial charge in [0.2, 0.25) is 5.91 Å². The Hall–Kier alpha value is -2.65. The first-order valence-electron chi connectivity index (χ1n) is 9.87. The second kappa shape index (κ2) is 7.88. The Labute approximate surface area is 180 Å². The monoisotopic (exact) mass is 439 g/mol. The molecule has 0 unspecified atom stereocenters. The summed E-state index contributed by atoms with van der Waals surface area (Å²) in [4.78, 5) is 44.1. The lowest BCUT2D eigenvalue weighted by Crippen LogP contribution is -2.28. The number of hydrogen-bond acceptors (Lipinski definition) is 6. The number of fused-ring (bicyclic) bond motifs is 4. The van der Waals surface area contributed by atoms with Crippen LogP contribution >= 0.6 is 23.1 Å². The van der Waals surface area contributed by atoms with Gasteiger partial charge in [-0.15, -0.1) is 23.1 Å². The molecule has 0 fully saturated rings. The highest BCUT2D eigenvalue weighted by Gasteiger charge is 2.21. The molecule has 0 aliphatic heterocycles. The number of imidazole rings is 1. The lowest BCUT2D eigenvalue weighted by atomic mass is 10.2. The van der Waals surface area contributed by atoms with Gasteiger partial charge in [-0.2, -0.15) is 0 Å². The molecule has 1 aliphatic rings. The molecule has 9 heteroatoms. The Kier molecular flexibility index (Phi) is 5.08. The molecule has 0 saturated carbocycles. The van der Waals surface area contributed by atoms with Crippen molar-refractivity contribution in [1.82, 2.24) is 24.8 Å². The summed E-state index contributed by atoms with van der Waals surface area (Å²) in [5.41, 5.74) is 2.99. The lowest BCUT2D eigenvalue weighted by Gasteiger charge is -2.15. The fraction of sp³-hybridized carbons (Fsp3) is 0.333. The molecule has 5 rings (SSSR count). The van der Waals surface area contributed by atoms with Crippen molar-refractivity contribution in [3.05, 3.63) is 56.7 Å². The molecule has 7 nitrogen and oxygen atoms in total. The Balaban J connectivity index is 1.20. The van der Waals surface area contributed by atoms with Crippen molar-refractivity contribution in [2.45, 2.75) is 31.6 Å². The van der Waals surface area contributed by atoms with Crippen molar-refractivity contribution >= 4 is 50.3 Å². The third kappa shape index (κ3) is 3.63. The van der Waals surface area contributed by atoms with Crippen LogP contribution in [0.15, 0.2) is 29.1 Å². The smallest absolute Gasteiger partial charge is 0.259 e. The van der Waals surface area contributed by atoms with E-state index in [1.54, 1.807) is 23.3 Å². The van der Waals surface area contributed by atoms with Crippen molar-refractivity contribution in [2.75, 3.05) is 12.8 Å². The van der Waals surface area contributed by atoms with E-state index in [0.29, 0.717) is 23.9 Å². The number of aromatic nitrogens is 4. The number of hydrogen-bond donors (Lipinski definition) is 2. The molecule has 4 aromatic rings. The van der Waals surface area contributed by atoms with Gasteiger partial charge in [0, 0.05) is 11.9 Å². The van der Waals surface area contributed by atoms with Gasteiger partial charge in [0.1, 0.15) is 16.5 Å². The van der Waals surface area contributed by atoms with Crippen LogP contribution in [0.25, 0.3) is 21.3 Å². The van der Waals surface area contributed by atoms with Crippen molar-refractivity contribution < 1.29 is 4.79 Å². The summed E-state index contributed by atoms with van der Waals surface area (Å²) in [7, 11) is 1.77. The van der Waals surface area contributed by atoms with Crippen LogP contribution in [0.3, 0.4) is 0 Å². The van der Waals surface area contributed by atoms with E-state index in [1.165, 1.54) is 22.2 Å². The number of thiophene rings is 1. The fourth-order valence-electron chi connectivity index (χ4n) is 3.85. The van der Waals surface area contributed by atoms with E-state index in [9.17, 15) is 9.59 Å². The molecule has 0 radical (unpaired) electrons. The number of para-hydroxylation sites is 2. The second-order valence-corrected chi connectivity index (χ2v) is 9.56. The number of benzene rings is 1. The summed E-state index contributed by atoms with van der Waals surface area (Å²) >= 11 is 3.09. The largest absolute Gasteiger partial charge is 0.340 e. The Morgan fingerprint density at radius 3 is 2.93 bits per heavy atom. The lowest BCUT2D eigenvalue weighted by molar-refractivity contribution is -0.127. The van der Waals surface area contributed by atoms with Crippen LogP contribution in [-0.2, 0) is 29.9 Å². The predicted octanol–water partition coefficient (Wildman–Crippen LogP) is 3.24. The normalized spacial score (nSPS) is 13.2. The highest BCUT2D eigenvalue weighted by atomic mass is 32.2. The van der Waals surface area contributed by atoms with Crippen LogP contribution in [-0.4, -0.2) is 43.5 Å². The fourth-order valence-corrected chi connectivity index (χ4v) is 5.96. The van der Waals surface area contributed by atoms with Crippen LogP contribution in [0.2, 0.25) is 0 Å². The molecule has 3 aromatic heterocycles. The predicted molar refractivity (Wildman–Crippen MR) is 121 cm³/mol. The van der Waals surface area contributed by atoms with Crippen molar-refractivity contribution in [3.63, 3.8) is 0 Å². The average molecular weight is 440 g/mol. The van der Waals surface area contributed by atoms with Crippen LogP contribution in [0, 0.1) is 0 Å². The third-order valence-corrected chi connectivity index (χ3v) is 7.45. The molecule has 1 aliphatic carbocycles. The Morgan fingerprint density at radius 1 is 1.20 bits per heavy atom. The third-order valence-electron chi connectivity index (χ3n) is 5.34. The van der Waals surface area contributed by atoms with Crippen LogP contribution in [0.4, 0.5) is 0 Å². The van der Waals surface area contributed by atoms with Gasteiger partial charge in [0.15, 0.2) is 0 Å². The molecular weight excluding hydrogens is 418 g/mol. The van der Waals surface area contributed by atoms with E-state index in [4.69, 9.17) is 0 Å². The maximum Gasteiger partial charge on any atom is 0.259 e. The van der Waals surface area contributed by atoms with E-state index in [0.717, 1.165) is 46.3 Å². The zero-order chi connectivity index (χ0) is 20.7. The SMILES string of the molecule is CN(Cc1nc2ccccc2[nH]1)C(=O)CSCc1nc2sc3c(c2c(=O)[nH]1)CCC3. The number of aromatic amines is 2. The highest BCUT2D eigenvalue weighted by molar-refractivity contribution is 7.99. The zero-order valence-electron chi connectivity index (χ0n) is 16.5. The molecule has 154 valence electrons. The maximum absolute atomic E-state index is 12.5. The number of nitrogens with one attached hydrogen (secondary N) is 2. The van der Waals surface area contributed by atoms with Gasteiger partial charge in [-0.25, -0.2) is 9.97 Å². The summed E-state index contributed by atoms with van der Waals surface area (Å²) in [5.74, 6) is 2.22. The molecule has 0 bridgehead atoms. The minimum atomic E-state index is -0.0525. The number of amides is 1. The summed E-state index contributed by atoms with van der Waals surface area (Å²) in [5, 5.41) is 0.767. The highest BCUT2D eigenvalue weighted by Crippen LogP contribution is 2.34. The number of H-pyrrole nitrogens is 2. The average Bonchev–Trinajstić information content (AvgIpc) is 3.41. The minimum Gasteiger partial charge on any atom is -0.340 e. The van der Waals surface area contributed by atoms with E-state index in [-0.39, 0.29) is 11.5 Å². The first kappa shape index (κ1) is 19.3. The van der Waals surface area contributed by atoms with Gasteiger partial charge in [-0.3, -0.25) is 9.59 Å². The molecule has 0 atom stereocenters. The number of nitrogens with zero attached hydrogens (tertiary/aromatic N) is 3. The van der Waals surface area contributed by atoms with Crippen LogP contribution in [0.1, 0.15) is 28.5 Å². The molecule has 0 spiro atoms. The van der Waals surface area contributed by atoms with Gasteiger partial charge in [-0.1, -0.05) is 12.1 Å². The van der Waals surface area contributed by atoms with E-state index in [2.05, 4.69) is 19.9 Å². The van der Waals surface area contributed by atoms with Crippen LogP contribution in [0.5, 0.6) is 0 Å². The van der Waals surface area contributed by atoms with Crippen molar-refractivity contribution in [2.24, 2.45) is 0 Å². The Morgan fingerprint density at radius 2 is 2.07 bits per heavy atom. The van der Waals surface area contributed by atoms with E-state index >= 15 is 0 Å². The first-order valence-corrected chi connectivity index (χ1v) is 11.8. The number of carbonyl (C=O) groups excluding carboxylic acids is 1. The molecule has 3 heterocycles. The van der Waals surface area contributed by atoms with Gasteiger partial charge in [0.05, 0.1) is 34.5 Å². The number of carbonyl (C=O) groups is 1. The minimum absolute atomic E-state index is 0.0129. The topological polar surface area (TPSA) is 94.7 Å². The molecular formula is C21H21N5O2S2. The summed E-state index contributed by atoms with van der Waals surface area (Å²) < 4.78 is 0. The van der Waals surface area contributed by atoms with Gasteiger partial charge < -0.3 is 14.9 Å². The van der Waals surface area contributed by atoms with Crippen molar-refractivity contribution in [3.8, 4) is 0 Å². The quantitative estimate of drug-likeness (QED) is 0.481. The molecule has 1 amide bonds. The number of thioether (sulfide) groups is 1. The second-order valence-electron chi connectivity index (χ2n) is 7.49. The van der Waals surface area contributed by atoms with E-state index in [1.807, 2.05) is 24.3 Å². The van der Waals surface area contributed by atoms with Crippen LogP contribution < -0.4 is 5.56 Å². The molecule has 2 N–H and O–H groups in total. The standard InChI is InChI=1S/C21H21N5O2S2/c1-26(9-16-22-13-6-2-3-7-14(13)23-16)18(27)11-29-10-17-24-20(28)19-12-5-4-8-15(12)30-21(19)25-17/h2-3,6-7H,4-5,8-11H2,1H3,(H,22,23)(H,24,25,28). The molecule has 0 saturated heterocycles. The Bertz CT molecular complexity index is 1270. The number of rotatable bonds is 6. The van der Waals surface area contributed by atoms with Crippen molar-refractivity contribution in [1.29, 1.82) is 0 Å². The molecule has 1 aromatic carbocycles. The van der Waals surface area contributed by atoms with Gasteiger partial charge in [0.25, 0.3) is 5.56 Å². The van der Waals surface area contributed by atoms with Gasteiger partial charge >= 0.3 is 0 Å². The zero-order valence-corrected chi connectivity index (χ0v) is 18.2.